The van der Waals surface area contributed by atoms with Crippen LogP contribution in [0.15, 0.2) is 17.0 Å². The minimum atomic E-state index is -4.04. The van der Waals surface area contributed by atoms with E-state index in [0.717, 1.165) is 44.3 Å². The summed E-state index contributed by atoms with van der Waals surface area (Å²) in [7, 11) is -4.04. The molecular weight excluding hydrogens is 388 g/mol. The van der Waals surface area contributed by atoms with Gasteiger partial charge in [-0.3, -0.25) is 4.90 Å². The van der Waals surface area contributed by atoms with Crippen LogP contribution in [0.25, 0.3) is 0 Å². The van der Waals surface area contributed by atoms with Crippen LogP contribution in [0.4, 0.5) is 5.69 Å². The minimum Gasteiger partial charge on any atom is -0.368 e. The molecule has 0 amide bonds. The molecule has 2 N–H and O–H groups in total. The second-order valence-corrected chi connectivity index (χ2v) is 9.81. The second-order valence-electron chi connectivity index (χ2n) is 8.27. The molecule has 1 heterocycles. The zero-order valence-electron chi connectivity index (χ0n) is 17.3. The fourth-order valence-corrected chi connectivity index (χ4v) is 5.46. The third kappa shape index (κ3) is 5.48. The molecule has 29 heavy (non-hydrogen) atoms. The molecule has 2 aliphatic rings. The number of piperazine rings is 1. The average molecular weight is 421 g/mol. The summed E-state index contributed by atoms with van der Waals surface area (Å²) in [5.41, 5.74) is 1.64. The lowest BCUT2D eigenvalue weighted by Crippen LogP contribution is -2.47. The van der Waals surface area contributed by atoms with E-state index in [4.69, 9.17) is 5.90 Å². The summed E-state index contributed by atoms with van der Waals surface area (Å²) in [5.74, 6) is 5.82. The number of nitriles is 1. The van der Waals surface area contributed by atoms with Crippen molar-refractivity contribution >= 4 is 15.8 Å². The topological polar surface area (TPSA) is 99.7 Å². The second kappa shape index (κ2) is 9.90. The van der Waals surface area contributed by atoms with E-state index in [1.54, 1.807) is 13.0 Å². The van der Waals surface area contributed by atoms with Crippen molar-refractivity contribution in [1.82, 2.24) is 4.90 Å². The number of anilines is 1. The summed E-state index contributed by atoms with van der Waals surface area (Å²) in [6.07, 6.45) is 9.64. The summed E-state index contributed by atoms with van der Waals surface area (Å²) >= 11 is 0. The predicted octanol–water partition coefficient (Wildman–Crippen LogP) is 2.93. The molecule has 160 valence electrons. The van der Waals surface area contributed by atoms with Crippen molar-refractivity contribution < 1.29 is 12.7 Å². The highest BCUT2D eigenvalue weighted by Crippen LogP contribution is 2.29. The van der Waals surface area contributed by atoms with Crippen LogP contribution < -0.4 is 10.8 Å². The van der Waals surface area contributed by atoms with E-state index in [2.05, 4.69) is 20.2 Å². The van der Waals surface area contributed by atoms with Gasteiger partial charge in [0.2, 0.25) is 0 Å². The highest BCUT2D eigenvalue weighted by Gasteiger charge is 2.24. The van der Waals surface area contributed by atoms with Gasteiger partial charge in [-0.15, -0.1) is 0 Å². The van der Waals surface area contributed by atoms with Crippen molar-refractivity contribution in [1.29, 1.82) is 5.26 Å². The normalized spacial score (nSPS) is 19.3. The number of rotatable bonds is 7. The predicted molar refractivity (Wildman–Crippen MR) is 113 cm³/mol. The van der Waals surface area contributed by atoms with Crippen LogP contribution >= 0.6 is 0 Å². The van der Waals surface area contributed by atoms with Crippen LogP contribution in [0.3, 0.4) is 0 Å². The fraction of sp³-hybridized carbons (Fsp3) is 0.667. The van der Waals surface area contributed by atoms with Gasteiger partial charge in [-0.05, 0) is 49.9 Å². The molecule has 1 aliphatic carbocycles. The van der Waals surface area contributed by atoms with Gasteiger partial charge in [0.15, 0.2) is 0 Å². The number of hydrogen-bond acceptors (Lipinski definition) is 7. The van der Waals surface area contributed by atoms with Crippen molar-refractivity contribution in [2.24, 2.45) is 11.8 Å². The number of aryl methyl sites for hydroxylation is 1. The molecule has 0 unspecified atom stereocenters. The molecule has 0 spiro atoms. The Labute approximate surface area is 174 Å². The quantitative estimate of drug-likeness (QED) is 0.677. The number of nitrogens with two attached hydrogens (primary N) is 1. The van der Waals surface area contributed by atoms with Crippen LogP contribution in [-0.2, 0) is 14.4 Å². The molecule has 0 atom stereocenters. The maximum Gasteiger partial charge on any atom is 0.312 e. The summed E-state index contributed by atoms with van der Waals surface area (Å²) in [6.45, 7) is 6.41. The highest BCUT2D eigenvalue weighted by molar-refractivity contribution is 7.86. The van der Waals surface area contributed by atoms with Gasteiger partial charge in [-0.1, -0.05) is 32.1 Å². The lowest BCUT2D eigenvalue weighted by Gasteiger charge is -2.37. The van der Waals surface area contributed by atoms with E-state index in [9.17, 15) is 13.7 Å². The third-order valence-corrected chi connectivity index (χ3v) is 7.57. The zero-order valence-corrected chi connectivity index (χ0v) is 18.1. The largest absolute Gasteiger partial charge is 0.368 e. The van der Waals surface area contributed by atoms with Crippen LogP contribution in [0.5, 0.6) is 0 Å². The van der Waals surface area contributed by atoms with Gasteiger partial charge in [-0.25, -0.2) is 0 Å². The average Bonchev–Trinajstić information content (AvgIpc) is 2.74. The molecular formula is C21H32N4O3S. The molecule has 1 aliphatic heterocycles. The first-order valence-corrected chi connectivity index (χ1v) is 12.0. The lowest BCUT2D eigenvalue weighted by molar-refractivity contribution is 0.237. The van der Waals surface area contributed by atoms with Gasteiger partial charge >= 0.3 is 10.1 Å². The zero-order chi connectivity index (χ0) is 20.9. The maximum absolute atomic E-state index is 12.0. The number of benzene rings is 1. The Kier molecular flexibility index (Phi) is 7.52. The first kappa shape index (κ1) is 22.0. The summed E-state index contributed by atoms with van der Waals surface area (Å²) in [6, 6.07) is 5.24. The molecule has 1 aromatic rings. The molecule has 0 aromatic heterocycles. The van der Waals surface area contributed by atoms with Crippen LogP contribution in [0.1, 0.15) is 56.1 Å². The summed E-state index contributed by atoms with van der Waals surface area (Å²) < 4.78 is 28.0. The Hall–Kier alpha value is -1.66. The van der Waals surface area contributed by atoms with Crippen molar-refractivity contribution in [2.45, 2.75) is 56.8 Å². The van der Waals surface area contributed by atoms with Crippen molar-refractivity contribution in [3.8, 4) is 6.07 Å². The van der Waals surface area contributed by atoms with E-state index in [1.165, 1.54) is 51.0 Å². The van der Waals surface area contributed by atoms with Crippen molar-refractivity contribution in [3.05, 3.63) is 23.3 Å². The van der Waals surface area contributed by atoms with E-state index >= 15 is 0 Å². The molecule has 1 saturated heterocycles. The van der Waals surface area contributed by atoms with Gasteiger partial charge < -0.3 is 4.90 Å². The van der Waals surface area contributed by atoms with E-state index in [1.807, 2.05) is 0 Å². The Bertz CT molecular complexity index is 836. The fourth-order valence-electron chi connectivity index (χ4n) is 4.64. The first-order valence-electron chi connectivity index (χ1n) is 10.6. The van der Waals surface area contributed by atoms with E-state index in [0.29, 0.717) is 11.1 Å². The molecule has 1 saturated carbocycles. The third-order valence-electron chi connectivity index (χ3n) is 6.33. The molecule has 3 rings (SSSR count). The van der Waals surface area contributed by atoms with Gasteiger partial charge in [0.1, 0.15) is 6.07 Å². The van der Waals surface area contributed by atoms with Crippen LogP contribution in [-0.4, -0.2) is 46.0 Å². The first-order chi connectivity index (χ1) is 13.9. The van der Waals surface area contributed by atoms with Crippen molar-refractivity contribution in [2.75, 3.05) is 37.6 Å². The van der Waals surface area contributed by atoms with Gasteiger partial charge in [-0.2, -0.15) is 23.9 Å². The summed E-state index contributed by atoms with van der Waals surface area (Å²) in [4.78, 5) is 4.61. The molecule has 7 nitrogen and oxygen atoms in total. The molecule has 1 aromatic carbocycles. The van der Waals surface area contributed by atoms with Crippen LogP contribution in [0, 0.1) is 24.2 Å². The Balaban J connectivity index is 1.57. The monoisotopic (exact) mass is 420 g/mol. The van der Waals surface area contributed by atoms with Gasteiger partial charge in [0.25, 0.3) is 0 Å². The molecule has 2 fully saturated rings. The summed E-state index contributed by atoms with van der Waals surface area (Å²) in [5, 5.41) is 9.54. The van der Waals surface area contributed by atoms with Gasteiger partial charge in [0.05, 0.1) is 16.1 Å². The van der Waals surface area contributed by atoms with Crippen LogP contribution in [0.2, 0.25) is 0 Å². The maximum atomic E-state index is 12.0. The lowest BCUT2D eigenvalue weighted by atomic mass is 9.86. The van der Waals surface area contributed by atoms with E-state index in [-0.39, 0.29) is 4.90 Å². The Morgan fingerprint density at radius 1 is 1.17 bits per heavy atom. The Morgan fingerprint density at radius 2 is 1.86 bits per heavy atom. The highest BCUT2D eigenvalue weighted by atomic mass is 32.2. The Morgan fingerprint density at radius 3 is 2.48 bits per heavy atom. The van der Waals surface area contributed by atoms with Gasteiger partial charge in [0, 0.05) is 26.2 Å². The molecule has 0 bridgehead atoms. The SMILES string of the molecule is Cc1cc(N2CCN(CCCC3CCCCC3)CC2)c(C#N)cc1S(=O)(=O)ON. The number of hydrogen-bond donors (Lipinski definition) is 1. The minimum absolute atomic E-state index is 0.0540. The molecule has 8 heteroatoms. The van der Waals surface area contributed by atoms with Crippen molar-refractivity contribution in [3.63, 3.8) is 0 Å². The molecule has 0 radical (unpaired) electrons. The smallest absolute Gasteiger partial charge is 0.312 e. The number of nitrogens with zero attached hydrogens (tertiary/aromatic N) is 3. The standard InChI is InChI=1S/C21H32N4O3S/c1-17-14-20(19(16-22)15-21(17)29(26,27)28-23)25-12-10-24(11-13-25)9-5-8-18-6-3-2-4-7-18/h14-15,18H,2-13,23H2,1H3. The van der Waals surface area contributed by atoms with E-state index < -0.39 is 10.1 Å².